The number of carboxylic acids is 4. The minimum absolute atomic E-state index is 0. The number of hydrogen-bond acceptors (Lipinski definition) is 20. The number of aliphatic hydroxyl groups is 2. The summed E-state index contributed by atoms with van der Waals surface area (Å²) in [5.41, 5.74) is 0. The predicted molar refractivity (Wildman–Crippen MR) is 285 cm³/mol. The molecular formula is C56H114Mn4N4O16+. The molecule has 0 saturated heterocycles. The molecule has 80 heavy (non-hydrogen) atoms. The van der Waals surface area contributed by atoms with Crippen molar-refractivity contribution >= 4 is 23.9 Å². The Kier molecular flexibility index (Phi) is 124. The summed E-state index contributed by atoms with van der Waals surface area (Å²) in [7, 11) is 0. The van der Waals surface area contributed by atoms with E-state index in [0.717, 1.165) is 77.5 Å². The number of rotatable bonds is 40. The summed E-state index contributed by atoms with van der Waals surface area (Å²) in [6.07, 6.45) is 14.3. The van der Waals surface area contributed by atoms with E-state index in [2.05, 4.69) is 27.7 Å². The molecule has 0 aliphatic rings. The van der Waals surface area contributed by atoms with Gasteiger partial charge in [0.1, 0.15) is 0 Å². The van der Waals surface area contributed by atoms with Crippen LogP contribution in [-0.4, -0.2) is 185 Å². The molecule has 24 heteroatoms. The quantitative estimate of drug-likeness (QED) is 0.0585. The molecule has 0 amide bonds. The molecule has 0 aromatic carbocycles. The Labute approximate surface area is 529 Å². The molecule has 481 valence electrons. The van der Waals surface area contributed by atoms with Gasteiger partial charge in [-0.2, -0.15) is 0 Å². The summed E-state index contributed by atoms with van der Waals surface area (Å²) in [5, 5.41) is 119. The van der Waals surface area contributed by atoms with Crippen LogP contribution in [0.1, 0.15) is 186 Å². The SMILES string of the molecule is CCC(CC)C(=O)[O-].CCC(CC)C(=O)[O-].CCC(CC)C(=O)[O-].CCC(CC)C(=O)[O-].CCCCN(CC[O-])CCO.CCCCN(CC[O-])CCO.CCCCN(CC[O-])CC[O-].CCCCN(CC[O-])CC[O-].[Mn+2].[Mn+3].[Mn+3].[Mn+3]. The zero-order valence-electron chi connectivity index (χ0n) is 51.7. The minimum atomic E-state index is -0.921. The van der Waals surface area contributed by atoms with E-state index in [0.29, 0.717) is 104 Å². The average molecular weight is 1320 g/mol. The molecule has 0 fully saturated rings. The molecule has 0 aliphatic carbocycles. The van der Waals surface area contributed by atoms with Crippen LogP contribution in [0.4, 0.5) is 0 Å². The fourth-order valence-electron chi connectivity index (χ4n) is 6.41. The van der Waals surface area contributed by atoms with Crippen LogP contribution in [0.25, 0.3) is 0 Å². The van der Waals surface area contributed by atoms with Crippen LogP contribution in [0.3, 0.4) is 0 Å². The Bertz CT molecular complexity index is 950. The number of aliphatic hydroxyl groups excluding tert-OH is 2. The largest absolute Gasteiger partial charge is 3.00 e. The maximum atomic E-state index is 10.3. The van der Waals surface area contributed by atoms with E-state index >= 15 is 0 Å². The van der Waals surface area contributed by atoms with Crippen LogP contribution in [0.5, 0.6) is 0 Å². The number of aliphatic carboxylic acids is 4. The van der Waals surface area contributed by atoms with E-state index < -0.39 is 23.9 Å². The second-order valence-corrected chi connectivity index (χ2v) is 17.8. The van der Waals surface area contributed by atoms with Crippen molar-refractivity contribution in [3.63, 3.8) is 0 Å². The van der Waals surface area contributed by atoms with Crippen molar-refractivity contribution in [2.45, 2.75) is 186 Å². The second-order valence-electron chi connectivity index (χ2n) is 17.8. The Balaban J connectivity index is -0.0000000659. The van der Waals surface area contributed by atoms with Crippen molar-refractivity contribution < 1.29 is 149 Å². The van der Waals surface area contributed by atoms with Gasteiger partial charge in [0.25, 0.3) is 0 Å². The molecule has 0 spiro atoms. The summed E-state index contributed by atoms with van der Waals surface area (Å²) >= 11 is 0. The van der Waals surface area contributed by atoms with E-state index in [1.165, 1.54) is 0 Å². The maximum absolute atomic E-state index is 10.3. The van der Waals surface area contributed by atoms with Crippen molar-refractivity contribution in [1.82, 2.24) is 19.6 Å². The smallest absolute Gasteiger partial charge is 0.854 e. The Morgan fingerprint density at radius 1 is 0.300 bits per heavy atom. The molecule has 0 saturated carbocycles. The molecule has 0 aliphatic heterocycles. The van der Waals surface area contributed by atoms with Crippen LogP contribution in [0.2, 0.25) is 0 Å². The molecule has 1 radical (unpaired) electrons. The third-order valence-electron chi connectivity index (χ3n) is 11.9. The first kappa shape index (κ1) is 108. The monoisotopic (exact) mass is 1320 g/mol. The molecule has 0 aromatic rings. The van der Waals surface area contributed by atoms with Crippen LogP contribution in [0.15, 0.2) is 0 Å². The van der Waals surface area contributed by atoms with E-state index in [4.69, 9.17) is 10.2 Å². The summed E-state index contributed by atoms with van der Waals surface area (Å²) in [5.74, 6) is -4.65. The second kappa shape index (κ2) is 92.2. The fourth-order valence-corrected chi connectivity index (χ4v) is 6.41. The van der Waals surface area contributed by atoms with Crippen LogP contribution < -0.4 is 51.1 Å². The number of unbranched alkanes of at least 4 members (excludes halogenated alkanes) is 4. The zero-order valence-corrected chi connectivity index (χ0v) is 56.4. The number of nitrogens with zero attached hydrogens (tertiary/aromatic N) is 4. The molecule has 0 atom stereocenters. The molecule has 0 bridgehead atoms. The van der Waals surface area contributed by atoms with Gasteiger partial charge >= 0.3 is 68.3 Å². The fraction of sp³-hybridized carbons (Fsp3) is 0.929. The van der Waals surface area contributed by atoms with Gasteiger partial charge in [-0.1, -0.05) is 109 Å². The minimum Gasteiger partial charge on any atom is -0.854 e. The number of carbonyl (C=O) groups excluding carboxylic acids is 4. The predicted octanol–water partition coefficient (Wildman–Crippen LogP) is -2.82. The van der Waals surface area contributed by atoms with Gasteiger partial charge in [0, 0.05) is 37.0 Å². The van der Waals surface area contributed by atoms with Gasteiger partial charge in [-0.25, -0.2) is 0 Å². The summed E-state index contributed by atoms with van der Waals surface area (Å²) in [4.78, 5) is 48.1. The first-order valence-electron chi connectivity index (χ1n) is 28.7. The van der Waals surface area contributed by atoms with Gasteiger partial charge in [-0.15, -0.1) is 39.6 Å². The first-order valence-corrected chi connectivity index (χ1v) is 28.7. The van der Waals surface area contributed by atoms with E-state index in [9.17, 15) is 70.2 Å². The van der Waals surface area contributed by atoms with E-state index in [-0.39, 0.29) is 145 Å². The Morgan fingerprint density at radius 3 is 0.512 bits per heavy atom. The van der Waals surface area contributed by atoms with Gasteiger partial charge in [-0.3, -0.25) is 0 Å². The van der Waals surface area contributed by atoms with Gasteiger partial charge in [-0.05, 0) is 166 Å². The van der Waals surface area contributed by atoms with Gasteiger partial charge in [0.05, 0.1) is 13.2 Å². The van der Waals surface area contributed by atoms with Crippen molar-refractivity contribution in [1.29, 1.82) is 0 Å². The standard InChI is InChI=1S/2C8H18NO2.2C8H17NO2.4C6H12O2.4Mn/c4*1-2-3-4-9(5-7-10)6-8-11;4*1-3-5(4-2)6(7)8;;;;/h2*10H,2-8H2,1H3;2*2-8H2,1H3;4*5H,3-4H2,1-2H3,(H,7,8);;;;/q2*-1;2*-2;;;;;+2;3*+3/p-4. The molecule has 0 unspecified atom stereocenters. The summed E-state index contributed by atoms with van der Waals surface area (Å²) < 4.78 is 0. The van der Waals surface area contributed by atoms with Gasteiger partial charge < -0.3 is 100 Å². The van der Waals surface area contributed by atoms with Gasteiger partial charge in [0.15, 0.2) is 0 Å². The summed E-state index contributed by atoms with van der Waals surface area (Å²) in [6, 6.07) is 0. The van der Waals surface area contributed by atoms with Crippen LogP contribution in [0, 0.1) is 23.7 Å². The van der Waals surface area contributed by atoms with Gasteiger partial charge in [0.2, 0.25) is 0 Å². The van der Waals surface area contributed by atoms with Crippen molar-refractivity contribution in [2.24, 2.45) is 23.7 Å². The number of carboxylic acid groups (broad SMARTS) is 4. The third-order valence-corrected chi connectivity index (χ3v) is 11.9. The topological polar surface area (TPSA) is 352 Å². The molecule has 0 heterocycles. The molecule has 0 rings (SSSR count). The Hall–Kier alpha value is -0.522. The van der Waals surface area contributed by atoms with Crippen LogP contribution >= 0.6 is 0 Å². The van der Waals surface area contributed by atoms with Crippen molar-refractivity contribution in [3.8, 4) is 0 Å². The van der Waals surface area contributed by atoms with Crippen LogP contribution in [-0.2, 0) is 87.5 Å². The van der Waals surface area contributed by atoms with Crippen molar-refractivity contribution in [3.05, 3.63) is 0 Å². The summed E-state index contributed by atoms with van der Waals surface area (Å²) in [6.45, 7) is 31.3. The maximum Gasteiger partial charge on any atom is 3.00 e. The number of carbonyl (C=O) groups is 4. The van der Waals surface area contributed by atoms with Crippen molar-refractivity contribution in [2.75, 3.05) is 131 Å². The average Bonchev–Trinajstić information content (AvgIpc) is 3.39. The molecule has 20 nitrogen and oxygen atoms in total. The normalized spacial score (nSPS) is 9.95. The molecule has 0 aromatic heterocycles. The van der Waals surface area contributed by atoms with E-state index in [1.54, 1.807) is 0 Å². The van der Waals surface area contributed by atoms with E-state index in [1.807, 2.05) is 75.0 Å². The third kappa shape index (κ3) is 88.7. The molecule has 2 N–H and O–H groups in total. The Morgan fingerprint density at radius 2 is 0.438 bits per heavy atom. The zero-order chi connectivity index (χ0) is 60.4. The first-order chi connectivity index (χ1) is 36.3. The number of hydrogen-bond donors (Lipinski definition) is 2. The molecular weight excluding hydrogens is 1200 g/mol.